The highest BCUT2D eigenvalue weighted by Crippen LogP contribution is 2.30. The fourth-order valence-electron chi connectivity index (χ4n) is 2.73. The van der Waals surface area contributed by atoms with E-state index < -0.39 is 0 Å². The third-order valence-corrected chi connectivity index (χ3v) is 6.37. The number of hydrogen-bond donors (Lipinski definition) is 2. The summed E-state index contributed by atoms with van der Waals surface area (Å²) < 4.78 is 0.986. The Hall–Kier alpha value is -2.84. The van der Waals surface area contributed by atoms with E-state index in [9.17, 15) is 9.59 Å². The fraction of sp³-hybridized carbons (Fsp3) is 0.227. The van der Waals surface area contributed by atoms with E-state index in [1.54, 1.807) is 30.1 Å². The second-order valence-electron chi connectivity index (χ2n) is 6.73. The molecule has 1 aromatic heterocycles. The molecule has 0 atom stereocenters. The van der Waals surface area contributed by atoms with Crippen LogP contribution in [0.4, 0.5) is 16.2 Å². The van der Waals surface area contributed by atoms with Gasteiger partial charge in [-0.2, -0.15) is 0 Å². The maximum absolute atomic E-state index is 12.4. The van der Waals surface area contributed by atoms with Crippen LogP contribution in [0.2, 0.25) is 0 Å². The van der Waals surface area contributed by atoms with Crippen LogP contribution < -0.4 is 10.6 Å². The van der Waals surface area contributed by atoms with Crippen LogP contribution in [-0.4, -0.2) is 35.4 Å². The van der Waals surface area contributed by atoms with Crippen LogP contribution in [0.15, 0.2) is 63.1 Å². The number of aryl methyl sites for hydroxylation is 2. The molecule has 156 valence electrons. The van der Waals surface area contributed by atoms with Crippen molar-refractivity contribution >= 4 is 46.4 Å². The molecule has 0 bridgehead atoms. The van der Waals surface area contributed by atoms with Gasteiger partial charge in [-0.3, -0.25) is 4.79 Å². The van der Waals surface area contributed by atoms with Gasteiger partial charge in [0.2, 0.25) is 5.91 Å². The van der Waals surface area contributed by atoms with Crippen molar-refractivity contribution in [3.8, 4) is 0 Å². The molecule has 2 aromatic carbocycles. The van der Waals surface area contributed by atoms with Crippen molar-refractivity contribution in [2.45, 2.75) is 29.5 Å². The number of likely N-dealkylation sites (N-methyl/N-ethyl adjacent to an activating group) is 1. The third-order valence-electron chi connectivity index (χ3n) is 4.31. The lowest BCUT2D eigenvalue weighted by molar-refractivity contribution is -0.116. The van der Waals surface area contributed by atoms with Crippen LogP contribution in [0.1, 0.15) is 18.2 Å². The van der Waals surface area contributed by atoms with Gasteiger partial charge in [0, 0.05) is 34.4 Å². The Bertz CT molecular complexity index is 1020. The largest absolute Gasteiger partial charge is 0.324 e. The summed E-state index contributed by atoms with van der Waals surface area (Å²) in [6.45, 7) is 3.96. The first-order valence-electron chi connectivity index (χ1n) is 9.54. The smallest absolute Gasteiger partial charge is 0.322 e. The molecule has 8 heteroatoms. The monoisotopic (exact) mass is 440 g/mol. The lowest BCUT2D eigenvalue weighted by Gasteiger charge is -2.18. The van der Waals surface area contributed by atoms with E-state index in [-0.39, 0.29) is 18.5 Å². The summed E-state index contributed by atoms with van der Waals surface area (Å²) in [7, 11) is 1.59. The summed E-state index contributed by atoms with van der Waals surface area (Å²) in [6.07, 6.45) is 0.823. The SMILES string of the molecule is CCc1ccccc1NC(=O)CN(C)C(=O)Nc1ccc(Sc2nc(C)cs2)cc1. The number of nitrogens with one attached hydrogen (secondary N) is 2. The molecule has 0 radical (unpaired) electrons. The van der Waals surface area contributed by atoms with E-state index in [0.29, 0.717) is 5.69 Å². The molecular formula is C22H24N4O2S2. The number of hydrogen-bond acceptors (Lipinski definition) is 5. The molecule has 0 aliphatic rings. The molecular weight excluding hydrogens is 416 g/mol. The number of para-hydroxylation sites is 1. The number of thiazole rings is 1. The molecule has 0 saturated heterocycles. The average molecular weight is 441 g/mol. The number of carbonyl (C=O) groups is 2. The normalized spacial score (nSPS) is 10.5. The Balaban J connectivity index is 1.51. The molecule has 1 heterocycles. The van der Waals surface area contributed by atoms with Gasteiger partial charge in [0.1, 0.15) is 6.54 Å². The predicted molar refractivity (Wildman–Crippen MR) is 124 cm³/mol. The van der Waals surface area contributed by atoms with Gasteiger partial charge in [-0.25, -0.2) is 9.78 Å². The number of nitrogens with zero attached hydrogens (tertiary/aromatic N) is 2. The molecule has 30 heavy (non-hydrogen) atoms. The second-order valence-corrected chi connectivity index (χ2v) is 8.91. The second kappa shape index (κ2) is 10.3. The van der Waals surface area contributed by atoms with E-state index in [1.807, 2.05) is 67.8 Å². The standard InChI is InChI=1S/C22H24N4O2S2/c1-4-16-7-5-6-8-19(16)25-20(27)13-26(3)21(28)24-17-9-11-18(12-10-17)30-22-23-15(2)14-29-22/h5-12,14H,4,13H2,1-3H3,(H,24,28)(H,25,27). The Labute approximate surface area is 184 Å². The molecule has 0 aliphatic carbocycles. The summed E-state index contributed by atoms with van der Waals surface area (Å²) in [5.74, 6) is -0.237. The van der Waals surface area contributed by atoms with Crippen LogP contribution in [-0.2, 0) is 11.2 Å². The number of urea groups is 1. The minimum absolute atomic E-state index is 0.0405. The van der Waals surface area contributed by atoms with E-state index in [4.69, 9.17) is 0 Å². The average Bonchev–Trinajstić information content (AvgIpc) is 3.14. The van der Waals surface area contributed by atoms with Crippen molar-refractivity contribution in [1.82, 2.24) is 9.88 Å². The van der Waals surface area contributed by atoms with Crippen LogP contribution >= 0.6 is 23.1 Å². The zero-order valence-corrected chi connectivity index (χ0v) is 18.8. The van der Waals surface area contributed by atoms with Gasteiger partial charge < -0.3 is 15.5 Å². The first kappa shape index (κ1) is 21.9. The lowest BCUT2D eigenvalue weighted by atomic mass is 10.1. The van der Waals surface area contributed by atoms with Crippen molar-refractivity contribution in [2.75, 3.05) is 24.2 Å². The molecule has 0 saturated carbocycles. The summed E-state index contributed by atoms with van der Waals surface area (Å²) in [5, 5.41) is 7.71. The van der Waals surface area contributed by atoms with Gasteiger partial charge in [-0.05, 0) is 49.2 Å². The summed E-state index contributed by atoms with van der Waals surface area (Å²) in [4.78, 5) is 31.6. The number of aromatic nitrogens is 1. The minimum Gasteiger partial charge on any atom is -0.324 e. The predicted octanol–water partition coefficient (Wildman–Crippen LogP) is 5.27. The highest BCUT2D eigenvalue weighted by Gasteiger charge is 2.14. The molecule has 2 N–H and O–H groups in total. The van der Waals surface area contributed by atoms with Gasteiger partial charge in [0.25, 0.3) is 0 Å². The van der Waals surface area contributed by atoms with Crippen molar-refractivity contribution < 1.29 is 9.59 Å². The highest BCUT2D eigenvalue weighted by atomic mass is 32.2. The topological polar surface area (TPSA) is 74.3 Å². The summed E-state index contributed by atoms with van der Waals surface area (Å²) >= 11 is 3.19. The molecule has 0 spiro atoms. The molecule has 3 aromatic rings. The Morgan fingerprint density at radius 3 is 2.50 bits per heavy atom. The van der Waals surface area contributed by atoms with Crippen molar-refractivity contribution in [3.63, 3.8) is 0 Å². The Morgan fingerprint density at radius 2 is 1.83 bits per heavy atom. The summed E-state index contributed by atoms with van der Waals surface area (Å²) in [6, 6.07) is 14.9. The van der Waals surface area contributed by atoms with Gasteiger partial charge >= 0.3 is 6.03 Å². The van der Waals surface area contributed by atoms with Gasteiger partial charge in [0.15, 0.2) is 4.34 Å². The number of anilines is 2. The lowest BCUT2D eigenvalue weighted by Crippen LogP contribution is -2.37. The van der Waals surface area contributed by atoms with Gasteiger partial charge in [-0.15, -0.1) is 11.3 Å². The zero-order valence-electron chi connectivity index (χ0n) is 17.1. The van der Waals surface area contributed by atoms with E-state index >= 15 is 0 Å². The zero-order chi connectivity index (χ0) is 21.5. The van der Waals surface area contributed by atoms with Crippen LogP contribution in [0.5, 0.6) is 0 Å². The molecule has 3 rings (SSSR count). The van der Waals surface area contributed by atoms with Crippen molar-refractivity contribution in [1.29, 1.82) is 0 Å². The van der Waals surface area contributed by atoms with Crippen molar-refractivity contribution in [3.05, 3.63) is 65.2 Å². The molecule has 0 fully saturated rings. The van der Waals surface area contributed by atoms with E-state index in [0.717, 1.165) is 32.6 Å². The first-order valence-corrected chi connectivity index (χ1v) is 11.2. The van der Waals surface area contributed by atoms with E-state index in [2.05, 4.69) is 15.6 Å². The maximum Gasteiger partial charge on any atom is 0.322 e. The Morgan fingerprint density at radius 1 is 1.10 bits per heavy atom. The molecule has 6 nitrogen and oxygen atoms in total. The van der Waals surface area contributed by atoms with Gasteiger partial charge in [0.05, 0.1) is 0 Å². The quantitative estimate of drug-likeness (QED) is 0.525. The third kappa shape index (κ3) is 6.08. The van der Waals surface area contributed by atoms with E-state index in [1.165, 1.54) is 4.90 Å². The highest BCUT2D eigenvalue weighted by molar-refractivity contribution is 8.01. The Kier molecular flexibility index (Phi) is 7.48. The maximum atomic E-state index is 12.4. The molecule has 0 unspecified atom stereocenters. The fourth-order valence-corrected chi connectivity index (χ4v) is 4.54. The number of carbonyl (C=O) groups excluding carboxylic acids is 2. The minimum atomic E-state index is -0.343. The number of amides is 3. The van der Waals surface area contributed by atoms with Crippen LogP contribution in [0, 0.1) is 6.92 Å². The van der Waals surface area contributed by atoms with Crippen LogP contribution in [0.25, 0.3) is 0 Å². The van der Waals surface area contributed by atoms with Crippen molar-refractivity contribution in [2.24, 2.45) is 0 Å². The summed E-state index contributed by atoms with van der Waals surface area (Å²) in [5.41, 5.74) is 3.52. The molecule has 3 amide bonds. The number of rotatable bonds is 7. The van der Waals surface area contributed by atoms with Crippen LogP contribution in [0.3, 0.4) is 0 Å². The molecule has 0 aliphatic heterocycles. The number of benzene rings is 2. The first-order chi connectivity index (χ1) is 14.4. The van der Waals surface area contributed by atoms with Gasteiger partial charge in [-0.1, -0.05) is 36.9 Å².